The molecule has 0 bridgehead atoms. The molecule has 1 unspecified atom stereocenters. The highest BCUT2D eigenvalue weighted by molar-refractivity contribution is 8.00. The van der Waals surface area contributed by atoms with Crippen LogP contribution in [0.5, 0.6) is 11.5 Å². The molecule has 0 aliphatic carbocycles. The van der Waals surface area contributed by atoms with Gasteiger partial charge in [0, 0.05) is 42.4 Å². The first-order valence-electron chi connectivity index (χ1n) is 7.28. The van der Waals surface area contributed by atoms with Crippen molar-refractivity contribution in [1.82, 2.24) is 4.90 Å². The predicted octanol–water partition coefficient (Wildman–Crippen LogP) is 2.37. The van der Waals surface area contributed by atoms with Gasteiger partial charge in [-0.2, -0.15) is 11.8 Å². The Kier molecular flexibility index (Phi) is 4.27. The number of hydrogen-bond donors (Lipinski definition) is 1. The van der Waals surface area contributed by atoms with Crippen LogP contribution in [0, 0.1) is 0 Å². The lowest BCUT2D eigenvalue weighted by molar-refractivity contribution is 0.171. The Morgan fingerprint density at radius 1 is 1.30 bits per heavy atom. The molecule has 1 aromatic rings. The van der Waals surface area contributed by atoms with E-state index in [0.717, 1.165) is 47.6 Å². The van der Waals surface area contributed by atoms with Crippen LogP contribution in [0.2, 0.25) is 0 Å². The van der Waals surface area contributed by atoms with Crippen LogP contribution in [-0.4, -0.2) is 42.2 Å². The summed E-state index contributed by atoms with van der Waals surface area (Å²) in [6, 6.07) is 3.95. The lowest BCUT2D eigenvalue weighted by Gasteiger charge is -2.32. The Balaban J connectivity index is 1.73. The fraction of sp³-hybridized carbons (Fsp3) is 0.600. The molecule has 3 rings (SSSR count). The number of ether oxygens (including phenoxy) is 2. The van der Waals surface area contributed by atoms with Gasteiger partial charge in [0.25, 0.3) is 0 Å². The van der Waals surface area contributed by atoms with E-state index in [1.165, 1.54) is 12.2 Å². The van der Waals surface area contributed by atoms with Gasteiger partial charge in [-0.15, -0.1) is 0 Å². The van der Waals surface area contributed by atoms with Crippen LogP contribution >= 0.6 is 11.8 Å². The molecule has 0 amide bonds. The third-order valence-electron chi connectivity index (χ3n) is 3.88. The normalized spacial score (nSPS) is 22.8. The van der Waals surface area contributed by atoms with Gasteiger partial charge >= 0.3 is 0 Å². The zero-order valence-corrected chi connectivity index (χ0v) is 12.7. The van der Waals surface area contributed by atoms with Crippen molar-refractivity contribution < 1.29 is 9.47 Å². The molecular formula is C15H22N2O2S. The van der Waals surface area contributed by atoms with Crippen LogP contribution in [0.3, 0.4) is 0 Å². The van der Waals surface area contributed by atoms with Gasteiger partial charge < -0.3 is 15.2 Å². The largest absolute Gasteiger partial charge is 0.486 e. The minimum Gasteiger partial charge on any atom is -0.486 e. The van der Waals surface area contributed by atoms with Crippen molar-refractivity contribution in [3.8, 4) is 11.5 Å². The first kappa shape index (κ1) is 13.9. The summed E-state index contributed by atoms with van der Waals surface area (Å²) in [4.78, 5) is 2.49. The zero-order chi connectivity index (χ0) is 13.9. The molecule has 1 atom stereocenters. The van der Waals surface area contributed by atoms with E-state index in [1.54, 1.807) is 0 Å². The van der Waals surface area contributed by atoms with Gasteiger partial charge in [0.1, 0.15) is 13.2 Å². The van der Waals surface area contributed by atoms with Crippen LogP contribution in [0.15, 0.2) is 12.1 Å². The number of thioether (sulfide) groups is 1. The third-order valence-corrected chi connectivity index (χ3v) is 5.25. The zero-order valence-electron chi connectivity index (χ0n) is 11.9. The molecule has 1 fully saturated rings. The summed E-state index contributed by atoms with van der Waals surface area (Å²) < 4.78 is 11.2. The second kappa shape index (κ2) is 6.14. The van der Waals surface area contributed by atoms with Crippen molar-refractivity contribution in [3.63, 3.8) is 0 Å². The maximum Gasteiger partial charge on any atom is 0.163 e. The number of nitrogens with two attached hydrogens (primary N) is 1. The van der Waals surface area contributed by atoms with Crippen molar-refractivity contribution in [2.45, 2.75) is 25.1 Å². The summed E-state index contributed by atoms with van der Waals surface area (Å²) in [6.07, 6.45) is 1.23. The van der Waals surface area contributed by atoms with Crippen molar-refractivity contribution in [3.05, 3.63) is 17.7 Å². The summed E-state index contributed by atoms with van der Waals surface area (Å²) in [5.41, 5.74) is 8.12. The Labute approximate surface area is 124 Å². The Bertz CT molecular complexity index is 481. The minimum absolute atomic E-state index is 0.604. The highest BCUT2D eigenvalue weighted by Gasteiger charge is 2.21. The van der Waals surface area contributed by atoms with Crippen LogP contribution in [0.1, 0.15) is 18.9 Å². The van der Waals surface area contributed by atoms with Crippen molar-refractivity contribution in [1.29, 1.82) is 0 Å². The van der Waals surface area contributed by atoms with Crippen molar-refractivity contribution >= 4 is 17.4 Å². The van der Waals surface area contributed by atoms with Crippen LogP contribution in [-0.2, 0) is 6.54 Å². The van der Waals surface area contributed by atoms with E-state index in [2.05, 4.69) is 23.6 Å². The standard InChI is InChI=1S/C15H22N2O2S/c1-2-12-10-17(3-6-20-12)9-11-7-14-15(8-13(11)16)19-5-4-18-14/h7-8,12H,2-6,9-10,16H2,1H3. The molecule has 1 aromatic carbocycles. The van der Waals surface area contributed by atoms with E-state index in [4.69, 9.17) is 15.2 Å². The average Bonchev–Trinajstić information content (AvgIpc) is 2.48. The molecule has 0 saturated carbocycles. The Hall–Kier alpha value is -1.07. The Morgan fingerprint density at radius 2 is 2.05 bits per heavy atom. The maximum absolute atomic E-state index is 6.16. The molecule has 20 heavy (non-hydrogen) atoms. The van der Waals surface area contributed by atoms with Crippen molar-refractivity contribution in [2.24, 2.45) is 0 Å². The van der Waals surface area contributed by atoms with Gasteiger partial charge in [-0.05, 0) is 18.1 Å². The molecule has 1 saturated heterocycles. The molecule has 2 aliphatic heterocycles. The smallest absolute Gasteiger partial charge is 0.163 e. The molecule has 0 aromatic heterocycles. The van der Waals surface area contributed by atoms with Crippen molar-refractivity contribution in [2.75, 3.05) is 37.8 Å². The summed E-state index contributed by atoms with van der Waals surface area (Å²) in [6.45, 7) is 6.67. The summed E-state index contributed by atoms with van der Waals surface area (Å²) in [7, 11) is 0. The first-order chi connectivity index (χ1) is 9.76. The van der Waals surface area contributed by atoms with Gasteiger partial charge in [-0.3, -0.25) is 4.90 Å². The molecular weight excluding hydrogens is 272 g/mol. The van der Waals surface area contributed by atoms with E-state index in [-0.39, 0.29) is 0 Å². The highest BCUT2D eigenvalue weighted by Crippen LogP contribution is 2.35. The fourth-order valence-electron chi connectivity index (χ4n) is 2.70. The van der Waals surface area contributed by atoms with Gasteiger partial charge in [-0.25, -0.2) is 0 Å². The summed E-state index contributed by atoms with van der Waals surface area (Å²) in [5, 5.41) is 0.752. The van der Waals surface area contributed by atoms with Gasteiger partial charge in [0.15, 0.2) is 11.5 Å². The predicted molar refractivity (Wildman–Crippen MR) is 83.7 cm³/mol. The van der Waals surface area contributed by atoms with E-state index in [9.17, 15) is 0 Å². The monoisotopic (exact) mass is 294 g/mol. The Morgan fingerprint density at radius 3 is 2.80 bits per heavy atom. The lowest BCUT2D eigenvalue weighted by Crippen LogP contribution is -2.37. The maximum atomic E-state index is 6.16. The van der Waals surface area contributed by atoms with Crippen LogP contribution < -0.4 is 15.2 Å². The number of anilines is 1. The second-order valence-corrected chi connectivity index (χ2v) is 6.74. The van der Waals surface area contributed by atoms with Gasteiger partial charge in [0.05, 0.1) is 0 Å². The number of benzene rings is 1. The first-order valence-corrected chi connectivity index (χ1v) is 8.33. The lowest BCUT2D eigenvalue weighted by atomic mass is 10.1. The molecule has 110 valence electrons. The highest BCUT2D eigenvalue weighted by atomic mass is 32.2. The number of hydrogen-bond acceptors (Lipinski definition) is 5. The summed E-state index contributed by atoms with van der Waals surface area (Å²) in [5.74, 6) is 2.82. The molecule has 2 N–H and O–H groups in total. The SMILES string of the molecule is CCC1CN(Cc2cc3c(cc2N)OCCO3)CCS1. The van der Waals surface area contributed by atoms with Gasteiger partial charge in [-0.1, -0.05) is 6.92 Å². The second-order valence-electron chi connectivity index (χ2n) is 5.33. The number of nitrogens with zero attached hydrogens (tertiary/aromatic N) is 1. The average molecular weight is 294 g/mol. The van der Waals surface area contributed by atoms with E-state index < -0.39 is 0 Å². The number of rotatable bonds is 3. The van der Waals surface area contributed by atoms with Crippen LogP contribution in [0.4, 0.5) is 5.69 Å². The minimum atomic E-state index is 0.604. The van der Waals surface area contributed by atoms with E-state index in [0.29, 0.717) is 13.2 Å². The van der Waals surface area contributed by atoms with E-state index >= 15 is 0 Å². The van der Waals surface area contributed by atoms with Gasteiger partial charge in [0.2, 0.25) is 0 Å². The molecule has 0 radical (unpaired) electrons. The topological polar surface area (TPSA) is 47.7 Å². The molecule has 2 aliphatic rings. The number of fused-ring (bicyclic) bond motifs is 1. The molecule has 2 heterocycles. The molecule has 4 nitrogen and oxygen atoms in total. The van der Waals surface area contributed by atoms with Crippen LogP contribution in [0.25, 0.3) is 0 Å². The fourth-order valence-corrected chi connectivity index (χ4v) is 3.94. The van der Waals surface area contributed by atoms with E-state index in [1.807, 2.05) is 12.1 Å². The quantitative estimate of drug-likeness (QED) is 0.867. The molecule has 5 heteroatoms. The number of nitrogen functional groups attached to an aromatic ring is 1. The molecule has 0 spiro atoms. The summed E-state index contributed by atoms with van der Waals surface area (Å²) >= 11 is 2.09. The third kappa shape index (κ3) is 2.99.